The fourth-order valence-electron chi connectivity index (χ4n) is 3.34. The van der Waals surface area contributed by atoms with E-state index < -0.39 is 0 Å². The van der Waals surface area contributed by atoms with E-state index in [0.717, 1.165) is 31.9 Å². The third-order valence-electron chi connectivity index (χ3n) is 4.55. The number of imidazole rings is 1. The molecule has 0 spiro atoms. The molecule has 2 heterocycles. The van der Waals surface area contributed by atoms with E-state index in [2.05, 4.69) is 44.9 Å². The summed E-state index contributed by atoms with van der Waals surface area (Å²) in [5.41, 5.74) is 1.30. The minimum absolute atomic E-state index is 0.277. The molecule has 4 heteroatoms. The van der Waals surface area contributed by atoms with Gasteiger partial charge in [-0.25, -0.2) is 4.98 Å². The summed E-state index contributed by atoms with van der Waals surface area (Å²) in [6.45, 7) is 3.14. The second-order valence-electron chi connectivity index (χ2n) is 6.09. The van der Waals surface area contributed by atoms with Gasteiger partial charge in [-0.05, 0) is 31.4 Å². The summed E-state index contributed by atoms with van der Waals surface area (Å²) in [7, 11) is 0. The number of likely N-dealkylation sites (tertiary alicyclic amines) is 1. The molecule has 1 unspecified atom stereocenters. The topological polar surface area (TPSA) is 41.3 Å². The van der Waals surface area contributed by atoms with Crippen molar-refractivity contribution in [3.63, 3.8) is 0 Å². The first-order valence-electron chi connectivity index (χ1n) is 8.25. The van der Waals surface area contributed by atoms with Gasteiger partial charge in [0.2, 0.25) is 0 Å². The van der Waals surface area contributed by atoms with Gasteiger partial charge in [0.25, 0.3) is 0 Å². The molecule has 0 radical (unpaired) electrons. The Balaban J connectivity index is 1.68. The first-order chi connectivity index (χ1) is 10.9. The molecule has 0 aliphatic carbocycles. The maximum absolute atomic E-state index is 9.26. The summed E-state index contributed by atoms with van der Waals surface area (Å²) >= 11 is 0. The van der Waals surface area contributed by atoms with Crippen molar-refractivity contribution in [1.82, 2.24) is 14.5 Å². The van der Waals surface area contributed by atoms with E-state index in [1.807, 2.05) is 12.3 Å². The summed E-state index contributed by atoms with van der Waals surface area (Å²) in [6.07, 6.45) is 8.55. The van der Waals surface area contributed by atoms with Crippen molar-refractivity contribution >= 4 is 0 Å². The Hall–Kier alpha value is -1.65. The van der Waals surface area contributed by atoms with Crippen LogP contribution in [0, 0.1) is 0 Å². The number of benzene rings is 1. The van der Waals surface area contributed by atoms with Crippen molar-refractivity contribution in [3.05, 3.63) is 54.1 Å². The number of piperidine rings is 1. The Morgan fingerprint density at radius 3 is 2.82 bits per heavy atom. The van der Waals surface area contributed by atoms with Crippen LogP contribution in [0.15, 0.2) is 42.7 Å². The molecule has 1 aromatic heterocycles. The summed E-state index contributed by atoms with van der Waals surface area (Å²) in [5, 5.41) is 9.26. The van der Waals surface area contributed by atoms with Crippen LogP contribution in [-0.4, -0.2) is 38.8 Å². The lowest BCUT2D eigenvalue weighted by Gasteiger charge is -2.35. The summed E-state index contributed by atoms with van der Waals surface area (Å²) in [4.78, 5) is 7.05. The molecule has 1 atom stereocenters. The van der Waals surface area contributed by atoms with Gasteiger partial charge in [0, 0.05) is 31.6 Å². The normalized spacial score (nSPS) is 19.4. The van der Waals surface area contributed by atoms with Crippen molar-refractivity contribution < 1.29 is 5.11 Å². The van der Waals surface area contributed by atoms with Crippen LogP contribution in [0.3, 0.4) is 0 Å². The van der Waals surface area contributed by atoms with Crippen LogP contribution in [0.25, 0.3) is 0 Å². The van der Waals surface area contributed by atoms with Crippen molar-refractivity contribution in [3.8, 4) is 0 Å². The van der Waals surface area contributed by atoms with Gasteiger partial charge in [-0.15, -0.1) is 0 Å². The molecule has 0 bridgehead atoms. The standard InChI is InChI=1S/C18H25N3O/c22-13-9-17-8-4-5-11-20(17)15-18-19-10-12-21(18)14-16-6-2-1-3-7-16/h1-3,6-7,10,12,17,22H,4-5,8-9,11,13-15H2. The number of hydrogen-bond donors (Lipinski definition) is 1. The van der Waals surface area contributed by atoms with Crippen LogP contribution in [0.4, 0.5) is 0 Å². The minimum Gasteiger partial charge on any atom is -0.396 e. The van der Waals surface area contributed by atoms with E-state index >= 15 is 0 Å². The monoisotopic (exact) mass is 299 g/mol. The third kappa shape index (κ3) is 3.76. The number of rotatable bonds is 6. The fraction of sp³-hybridized carbons (Fsp3) is 0.500. The van der Waals surface area contributed by atoms with E-state index in [0.29, 0.717) is 6.04 Å². The summed E-state index contributed by atoms with van der Waals surface area (Å²) < 4.78 is 2.24. The quantitative estimate of drug-likeness (QED) is 0.891. The molecule has 1 aliphatic rings. The Labute approximate surface area is 132 Å². The average Bonchev–Trinajstić information content (AvgIpc) is 2.97. The molecular formula is C18H25N3O. The van der Waals surface area contributed by atoms with Crippen LogP contribution >= 0.6 is 0 Å². The number of nitrogens with zero attached hydrogens (tertiary/aromatic N) is 3. The van der Waals surface area contributed by atoms with E-state index in [1.165, 1.54) is 24.8 Å². The molecular weight excluding hydrogens is 274 g/mol. The summed E-state index contributed by atoms with van der Waals surface area (Å²) in [5.74, 6) is 1.12. The predicted molar refractivity (Wildman–Crippen MR) is 87.5 cm³/mol. The zero-order valence-electron chi connectivity index (χ0n) is 13.1. The van der Waals surface area contributed by atoms with E-state index in [9.17, 15) is 5.11 Å². The highest BCUT2D eigenvalue weighted by atomic mass is 16.3. The van der Waals surface area contributed by atoms with Gasteiger partial charge in [-0.3, -0.25) is 4.90 Å². The molecule has 2 aromatic rings. The lowest BCUT2D eigenvalue weighted by Crippen LogP contribution is -2.40. The second kappa shape index (κ2) is 7.56. The predicted octanol–water partition coefficient (Wildman–Crippen LogP) is 2.67. The van der Waals surface area contributed by atoms with Gasteiger partial charge in [0.1, 0.15) is 5.82 Å². The van der Waals surface area contributed by atoms with Crippen molar-refractivity contribution in [2.24, 2.45) is 0 Å². The number of aliphatic hydroxyl groups is 1. The van der Waals surface area contributed by atoms with Crippen molar-refractivity contribution in [2.45, 2.75) is 44.8 Å². The maximum atomic E-state index is 9.26. The van der Waals surface area contributed by atoms with Crippen LogP contribution in [0.1, 0.15) is 37.1 Å². The van der Waals surface area contributed by atoms with Crippen LogP contribution in [-0.2, 0) is 13.1 Å². The first-order valence-corrected chi connectivity index (χ1v) is 8.25. The first kappa shape index (κ1) is 15.3. The second-order valence-corrected chi connectivity index (χ2v) is 6.09. The molecule has 118 valence electrons. The Kier molecular flexibility index (Phi) is 5.24. The molecule has 1 saturated heterocycles. The fourth-order valence-corrected chi connectivity index (χ4v) is 3.34. The van der Waals surface area contributed by atoms with Gasteiger partial charge in [0.05, 0.1) is 6.54 Å². The van der Waals surface area contributed by atoms with Crippen LogP contribution in [0.5, 0.6) is 0 Å². The molecule has 1 aliphatic heterocycles. The van der Waals surface area contributed by atoms with E-state index in [1.54, 1.807) is 0 Å². The molecule has 4 nitrogen and oxygen atoms in total. The van der Waals surface area contributed by atoms with Gasteiger partial charge in [0.15, 0.2) is 0 Å². The third-order valence-corrected chi connectivity index (χ3v) is 4.55. The molecule has 1 aromatic carbocycles. The van der Waals surface area contributed by atoms with Crippen molar-refractivity contribution in [1.29, 1.82) is 0 Å². The highest BCUT2D eigenvalue weighted by Gasteiger charge is 2.23. The largest absolute Gasteiger partial charge is 0.396 e. The molecule has 22 heavy (non-hydrogen) atoms. The minimum atomic E-state index is 0.277. The number of hydrogen-bond acceptors (Lipinski definition) is 3. The average molecular weight is 299 g/mol. The van der Waals surface area contributed by atoms with E-state index in [4.69, 9.17) is 0 Å². The van der Waals surface area contributed by atoms with E-state index in [-0.39, 0.29) is 6.61 Å². The molecule has 1 N–H and O–H groups in total. The molecule has 0 amide bonds. The SMILES string of the molecule is OCCC1CCCCN1Cc1nccn1Cc1ccccc1. The highest BCUT2D eigenvalue weighted by Crippen LogP contribution is 2.21. The van der Waals surface area contributed by atoms with Gasteiger partial charge >= 0.3 is 0 Å². The Bertz CT molecular complexity index is 565. The molecule has 1 fully saturated rings. The zero-order valence-corrected chi connectivity index (χ0v) is 13.1. The Morgan fingerprint density at radius 1 is 1.14 bits per heavy atom. The van der Waals surface area contributed by atoms with Crippen molar-refractivity contribution in [2.75, 3.05) is 13.2 Å². The Morgan fingerprint density at radius 2 is 2.00 bits per heavy atom. The highest BCUT2D eigenvalue weighted by molar-refractivity contribution is 5.15. The summed E-state index contributed by atoms with van der Waals surface area (Å²) in [6, 6.07) is 11.0. The molecule has 0 saturated carbocycles. The van der Waals surface area contributed by atoms with Crippen LogP contribution in [0.2, 0.25) is 0 Å². The molecule has 3 rings (SSSR count). The van der Waals surface area contributed by atoms with Gasteiger partial charge in [-0.1, -0.05) is 36.8 Å². The lowest BCUT2D eigenvalue weighted by atomic mass is 10.00. The van der Waals surface area contributed by atoms with Crippen LogP contribution < -0.4 is 0 Å². The smallest absolute Gasteiger partial charge is 0.123 e. The van der Waals surface area contributed by atoms with Gasteiger partial charge < -0.3 is 9.67 Å². The lowest BCUT2D eigenvalue weighted by molar-refractivity contribution is 0.108. The maximum Gasteiger partial charge on any atom is 0.123 e. The van der Waals surface area contributed by atoms with Gasteiger partial charge in [-0.2, -0.15) is 0 Å². The number of aromatic nitrogens is 2. The number of aliphatic hydroxyl groups excluding tert-OH is 1. The zero-order chi connectivity index (χ0) is 15.2.